The molecule has 2 rings (SSSR count). The smallest absolute Gasteiger partial charge is 0.129 e. The molecule has 0 amide bonds. The highest BCUT2D eigenvalue weighted by atomic mass is 19.1. The molecule has 1 nitrogen and oxygen atoms in total. The van der Waals surface area contributed by atoms with Crippen molar-refractivity contribution in [2.45, 2.75) is 52.4 Å². The van der Waals surface area contributed by atoms with Gasteiger partial charge in [-0.15, -0.1) is 0 Å². The molecule has 0 spiro atoms. The maximum absolute atomic E-state index is 14.2. The molecule has 0 aromatic heterocycles. The predicted molar refractivity (Wildman–Crippen MR) is 83.4 cm³/mol. The van der Waals surface area contributed by atoms with E-state index in [1.807, 2.05) is 0 Å². The van der Waals surface area contributed by atoms with Crippen LogP contribution in [0, 0.1) is 23.0 Å². The van der Waals surface area contributed by atoms with Gasteiger partial charge >= 0.3 is 0 Å². The molecule has 1 aromatic rings. The van der Waals surface area contributed by atoms with Gasteiger partial charge in [0.2, 0.25) is 0 Å². The molecule has 1 aliphatic rings. The van der Waals surface area contributed by atoms with Gasteiger partial charge in [-0.3, -0.25) is 0 Å². The molecule has 1 aromatic carbocycles. The highest BCUT2D eigenvalue weighted by molar-refractivity contribution is 5.32. The number of halogens is 2. The summed E-state index contributed by atoms with van der Waals surface area (Å²) in [7, 11) is 0. The highest BCUT2D eigenvalue weighted by Gasteiger charge is 2.50. The Labute approximate surface area is 127 Å². The second kappa shape index (κ2) is 6.04. The maximum Gasteiger partial charge on any atom is 0.129 e. The minimum atomic E-state index is -0.500. The normalized spacial score (nSPS) is 25.7. The molecule has 0 radical (unpaired) electrons. The molecule has 21 heavy (non-hydrogen) atoms. The lowest BCUT2D eigenvalue weighted by atomic mass is 9.52. The molecule has 0 bridgehead atoms. The Morgan fingerprint density at radius 3 is 2.43 bits per heavy atom. The van der Waals surface area contributed by atoms with Gasteiger partial charge in [-0.1, -0.05) is 33.8 Å². The zero-order valence-corrected chi connectivity index (χ0v) is 13.6. The largest absolute Gasteiger partial charge is 0.316 e. The summed E-state index contributed by atoms with van der Waals surface area (Å²) >= 11 is 0. The van der Waals surface area contributed by atoms with Gasteiger partial charge in [-0.05, 0) is 48.8 Å². The molecule has 0 atom stereocenters. The molecule has 1 aliphatic carbocycles. The summed E-state index contributed by atoms with van der Waals surface area (Å²) in [6.45, 7) is 10.5. The summed E-state index contributed by atoms with van der Waals surface area (Å²) in [5, 5.41) is 3.43. The Balaban J connectivity index is 2.22. The van der Waals surface area contributed by atoms with Gasteiger partial charge in [0.05, 0.1) is 0 Å². The van der Waals surface area contributed by atoms with Crippen molar-refractivity contribution in [3.8, 4) is 0 Å². The van der Waals surface area contributed by atoms with Crippen LogP contribution in [0.25, 0.3) is 0 Å². The predicted octanol–water partition coefficient (Wildman–Crippen LogP) is 4.66. The minimum absolute atomic E-state index is 0.176. The topological polar surface area (TPSA) is 12.0 Å². The molecule has 0 saturated heterocycles. The van der Waals surface area contributed by atoms with E-state index in [0.717, 1.165) is 38.4 Å². The molecule has 0 heterocycles. The van der Waals surface area contributed by atoms with Crippen LogP contribution in [0.2, 0.25) is 0 Å². The summed E-state index contributed by atoms with van der Waals surface area (Å²) in [6, 6.07) is 4.03. The second-order valence-electron chi connectivity index (χ2n) is 7.55. The van der Waals surface area contributed by atoms with E-state index < -0.39 is 11.6 Å². The lowest BCUT2D eigenvalue weighted by Gasteiger charge is -2.53. The van der Waals surface area contributed by atoms with Crippen molar-refractivity contribution in [1.82, 2.24) is 5.32 Å². The molecule has 1 fully saturated rings. The van der Waals surface area contributed by atoms with Gasteiger partial charge in [0.1, 0.15) is 11.6 Å². The number of hydrogen-bond acceptors (Lipinski definition) is 1. The van der Waals surface area contributed by atoms with Crippen LogP contribution in [-0.4, -0.2) is 13.1 Å². The minimum Gasteiger partial charge on any atom is -0.316 e. The summed E-state index contributed by atoms with van der Waals surface area (Å²) in [5.41, 5.74) is 0.739. The maximum atomic E-state index is 14.2. The molecular formula is C18H27F2N. The van der Waals surface area contributed by atoms with E-state index in [0.29, 0.717) is 11.5 Å². The van der Waals surface area contributed by atoms with Crippen LogP contribution in [0.4, 0.5) is 8.78 Å². The lowest BCUT2D eigenvalue weighted by Crippen LogP contribution is -2.52. The van der Waals surface area contributed by atoms with Crippen molar-refractivity contribution >= 4 is 0 Å². The molecule has 1 N–H and O–H groups in total. The Hall–Kier alpha value is -0.960. The fourth-order valence-corrected chi connectivity index (χ4v) is 3.38. The molecular weight excluding hydrogens is 268 g/mol. The summed E-state index contributed by atoms with van der Waals surface area (Å²) < 4.78 is 27.4. The van der Waals surface area contributed by atoms with Gasteiger partial charge in [-0.25, -0.2) is 8.78 Å². The van der Waals surface area contributed by atoms with E-state index in [9.17, 15) is 8.78 Å². The van der Waals surface area contributed by atoms with Crippen molar-refractivity contribution in [2.24, 2.45) is 11.3 Å². The van der Waals surface area contributed by atoms with Crippen LogP contribution in [0.15, 0.2) is 18.2 Å². The number of rotatable bonds is 5. The van der Waals surface area contributed by atoms with Crippen molar-refractivity contribution in [3.05, 3.63) is 35.4 Å². The van der Waals surface area contributed by atoms with Gasteiger partial charge in [0, 0.05) is 18.0 Å². The third-order valence-corrected chi connectivity index (χ3v) is 4.89. The summed E-state index contributed by atoms with van der Waals surface area (Å²) in [4.78, 5) is 0. The van der Waals surface area contributed by atoms with Crippen molar-refractivity contribution in [3.63, 3.8) is 0 Å². The SMILES string of the molecule is CCCNCC1(c2ccc(F)cc2F)CC(C(C)(C)C)C1. The van der Waals surface area contributed by atoms with E-state index in [-0.39, 0.29) is 10.8 Å². The standard InChI is InChI=1S/C18H27F2N/c1-5-8-21-12-18(10-13(11-18)17(2,3)4)15-7-6-14(19)9-16(15)20/h6-7,9,13,21H,5,8,10-12H2,1-4H3. The first kappa shape index (κ1) is 16.4. The fourth-order valence-electron chi connectivity index (χ4n) is 3.38. The van der Waals surface area contributed by atoms with Crippen LogP contribution in [-0.2, 0) is 5.41 Å². The lowest BCUT2D eigenvalue weighted by molar-refractivity contribution is 0.0427. The molecule has 3 heteroatoms. The first-order chi connectivity index (χ1) is 9.78. The molecule has 1 saturated carbocycles. The Bertz CT molecular complexity index is 484. The van der Waals surface area contributed by atoms with Gasteiger partial charge in [0.25, 0.3) is 0 Å². The quantitative estimate of drug-likeness (QED) is 0.779. The zero-order chi connectivity index (χ0) is 15.7. The van der Waals surface area contributed by atoms with Crippen LogP contribution >= 0.6 is 0 Å². The first-order valence-corrected chi connectivity index (χ1v) is 7.95. The third kappa shape index (κ3) is 3.45. The van der Waals surface area contributed by atoms with Gasteiger partial charge in [0.15, 0.2) is 0 Å². The second-order valence-corrected chi connectivity index (χ2v) is 7.55. The highest BCUT2D eigenvalue weighted by Crippen LogP contribution is 2.54. The Morgan fingerprint density at radius 1 is 1.24 bits per heavy atom. The van der Waals surface area contributed by atoms with Gasteiger partial charge in [-0.2, -0.15) is 0 Å². The summed E-state index contributed by atoms with van der Waals surface area (Å²) in [6.07, 6.45) is 3.00. The Morgan fingerprint density at radius 2 is 1.90 bits per heavy atom. The fraction of sp³-hybridized carbons (Fsp3) is 0.667. The van der Waals surface area contributed by atoms with Crippen LogP contribution in [0.5, 0.6) is 0 Å². The third-order valence-electron chi connectivity index (χ3n) is 4.89. The van der Waals surface area contributed by atoms with Crippen LogP contribution in [0.3, 0.4) is 0 Å². The summed E-state index contributed by atoms with van der Waals surface area (Å²) in [5.74, 6) is -0.314. The van der Waals surface area contributed by atoms with Crippen molar-refractivity contribution in [1.29, 1.82) is 0 Å². The van der Waals surface area contributed by atoms with Crippen LogP contribution in [0.1, 0.15) is 52.5 Å². The molecule has 0 aliphatic heterocycles. The van der Waals surface area contributed by atoms with E-state index in [2.05, 4.69) is 33.0 Å². The molecule has 0 unspecified atom stereocenters. The average molecular weight is 295 g/mol. The number of nitrogens with one attached hydrogen (secondary N) is 1. The number of hydrogen-bond donors (Lipinski definition) is 1. The van der Waals surface area contributed by atoms with E-state index in [4.69, 9.17) is 0 Å². The van der Waals surface area contributed by atoms with Crippen molar-refractivity contribution in [2.75, 3.05) is 13.1 Å². The van der Waals surface area contributed by atoms with E-state index in [1.165, 1.54) is 6.07 Å². The number of benzene rings is 1. The van der Waals surface area contributed by atoms with Gasteiger partial charge < -0.3 is 5.32 Å². The van der Waals surface area contributed by atoms with Crippen molar-refractivity contribution < 1.29 is 8.78 Å². The monoisotopic (exact) mass is 295 g/mol. The first-order valence-electron chi connectivity index (χ1n) is 7.95. The average Bonchev–Trinajstić information content (AvgIpc) is 2.32. The van der Waals surface area contributed by atoms with Crippen LogP contribution < -0.4 is 5.32 Å². The Kier molecular flexibility index (Phi) is 4.72. The van der Waals surface area contributed by atoms with E-state index >= 15 is 0 Å². The van der Waals surface area contributed by atoms with E-state index in [1.54, 1.807) is 6.07 Å². The zero-order valence-electron chi connectivity index (χ0n) is 13.6. The molecule has 118 valence electrons.